The second-order valence-corrected chi connectivity index (χ2v) is 5.74. The number of carbonyl (C=O) groups excluding carboxylic acids is 1. The highest BCUT2D eigenvalue weighted by Gasteiger charge is 2.12. The minimum absolute atomic E-state index is 0.121. The number of carbonyl (C=O) groups is 2. The van der Waals surface area contributed by atoms with E-state index in [1.807, 2.05) is 25.1 Å². The molecule has 0 fully saturated rings. The van der Waals surface area contributed by atoms with E-state index in [0.29, 0.717) is 4.80 Å². The zero-order chi connectivity index (χ0) is 15.7. The monoisotopic (exact) mass is 316 g/mol. The van der Waals surface area contributed by atoms with Crippen molar-refractivity contribution in [2.24, 2.45) is 4.99 Å². The number of aliphatic carboxylic acids is 1. The smallest absolute Gasteiger partial charge is 0.323 e. The lowest BCUT2D eigenvalue weighted by Crippen LogP contribution is -2.21. The molecule has 1 N–H and O–H groups in total. The van der Waals surface area contributed by atoms with E-state index in [4.69, 9.17) is 9.52 Å². The summed E-state index contributed by atoms with van der Waals surface area (Å²) in [6, 6.07) is 8.79. The summed E-state index contributed by atoms with van der Waals surface area (Å²) in [6.45, 7) is 1.69. The van der Waals surface area contributed by atoms with Gasteiger partial charge in [-0.25, -0.2) is 0 Å². The first-order valence-corrected chi connectivity index (χ1v) is 7.30. The Morgan fingerprint density at radius 2 is 2.18 bits per heavy atom. The Morgan fingerprint density at radius 1 is 1.36 bits per heavy atom. The molecule has 1 aromatic carbocycles. The van der Waals surface area contributed by atoms with Gasteiger partial charge in [0.15, 0.2) is 10.6 Å². The molecule has 0 radical (unpaired) electrons. The summed E-state index contributed by atoms with van der Waals surface area (Å²) in [7, 11) is 0. The predicted molar refractivity (Wildman–Crippen MR) is 80.8 cm³/mol. The maximum Gasteiger partial charge on any atom is 0.323 e. The van der Waals surface area contributed by atoms with Gasteiger partial charge >= 0.3 is 11.9 Å². The molecule has 2 aromatic heterocycles. The third-order valence-corrected chi connectivity index (χ3v) is 4.10. The van der Waals surface area contributed by atoms with Gasteiger partial charge in [0.25, 0.3) is 0 Å². The maximum atomic E-state index is 12.0. The van der Waals surface area contributed by atoms with E-state index < -0.39 is 11.9 Å². The molecule has 2 heterocycles. The van der Waals surface area contributed by atoms with E-state index in [9.17, 15) is 9.59 Å². The van der Waals surface area contributed by atoms with Crippen molar-refractivity contribution in [2.45, 2.75) is 13.5 Å². The number of aryl methyl sites for hydroxylation is 1. The maximum absolute atomic E-state index is 12.0. The van der Waals surface area contributed by atoms with Gasteiger partial charge in [-0.2, -0.15) is 4.99 Å². The SMILES string of the molecule is Cc1ccc2c(c1)sc(=NC(=O)c1ccco1)n2CC(=O)O. The largest absolute Gasteiger partial charge is 0.480 e. The Hall–Kier alpha value is -2.67. The third-order valence-electron chi connectivity index (χ3n) is 3.06. The molecule has 0 aliphatic carbocycles. The molecule has 0 bridgehead atoms. The lowest BCUT2D eigenvalue weighted by atomic mass is 10.2. The molecule has 6 nitrogen and oxygen atoms in total. The topological polar surface area (TPSA) is 84.8 Å². The summed E-state index contributed by atoms with van der Waals surface area (Å²) in [4.78, 5) is 27.5. The van der Waals surface area contributed by atoms with Crippen molar-refractivity contribution >= 4 is 33.4 Å². The molecule has 0 saturated heterocycles. The molecule has 0 saturated carbocycles. The van der Waals surface area contributed by atoms with E-state index in [2.05, 4.69) is 4.99 Å². The molecule has 112 valence electrons. The Kier molecular flexibility index (Phi) is 3.64. The minimum atomic E-state index is -0.993. The van der Waals surface area contributed by atoms with Crippen molar-refractivity contribution in [2.75, 3.05) is 0 Å². The number of carboxylic acid groups (broad SMARTS) is 1. The third kappa shape index (κ3) is 2.71. The van der Waals surface area contributed by atoms with Gasteiger partial charge < -0.3 is 14.1 Å². The van der Waals surface area contributed by atoms with Gasteiger partial charge in [0.05, 0.1) is 16.5 Å². The first-order chi connectivity index (χ1) is 10.5. The van der Waals surface area contributed by atoms with Crippen LogP contribution in [0.5, 0.6) is 0 Å². The molecule has 0 unspecified atom stereocenters. The van der Waals surface area contributed by atoms with Crippen molar-refractivity contribution in [3.8, 4) is 0 Å². The number of fused-ring (bicyclic) bond motifs is 1. The molecule has 3 aromatic rings. The van der Waals surface area contributed by atoms with E-state index in [0.717, 1.165) is 15.8 Å². The highest BCUT2D eigenvalue weighted by atomic mass is 32.1. The van der Waals surface area contributed by atoms with Gasteiger partial charge in [0.2, 0.25) is 0 Å². The summed E-state index contributed by atoms with van der Waals surface area (Å²) in [5.74, 6) is -1.41. The molecular weight excluding hydrogens is 304 g/mol. The fraction of sp³-hybridized carbons (Fsp3) is 0.133. The van der Waals surface area contributed by atoms with Crippen LogP contribution in [0.3, 0.4) is 0 Å². The standard InChI is InChI=1S/C15H12N2O4S/c1-9-4-5-10-12(7-9)22-15(17(10)8-13(18)19)16-14(20)11-3-2-6-21-11/h2-7H,8H2,1H3,(H,18,19). The molecule has 0 aliphatic heterocycles. The molecule has 7 heteroatoms. The molecule has 3 rings (SSSR count). The molecule has 22 heavy (non-hydrogen) atoms. The molecule has 0 aliphatic rings. The van der Waals surface area contributed by atoms with Gasteiger partial charge in [0, 0.05) is 0 Å². The summed E-state index contributed by atoms with van der Waals surface area (Å²) in [5, 5.41) is 9.08. The van der Waals surface area contributed by atoms with E-state index in [-0.39, 0.29) is 12.3 Å². The fourth-order valence-electron chi connectivity index (χ4n) is 2.10. The highest BCUT2D eigenvalue weighted by molar-refractivity contribution is 7.16. The number of benzene rings is 1. The Balaban J connectivity index is 2.19. The van der Waals surface area contributed by atoms with Crippen LogP contribution >= 0.6 is 11.3 Å². The van der Waals surface area contributed by atoms with Gasteiger partial charge in [-0.1, -0.05) is 17.4 Å². The molecule has 0 atom stereocenters. The van der Waals surface area contributed by atoms with Crippen LogP contribution in [-0.2, 0) is 11.3 Å². The summed E-state index contributed by atoms with van der Waals surface area (Å²) in [5.41, 5.74) is 1.80. The number of furan rings is 1. The van der Waals surface area contributed by atoms with Crippen molar-refractivity contribution in [3.05, 3.63) is 52.7 Å². The normalized spacial score (nSPS) is 12.0. The number of carboxylic acids is 1. The Bertz CT molecular complexity index is 919. The fourth-order valence-corrected chi connectivity index (χ4v) is 3.22. The van der Waals surface area contributed by atoms with Crippen LogP contribution in [0.4, 0.5) is 0 Å². The zero-order valence-electron chi connectivity index (χ0n) is 11.6. The molecular formula is C15H12N2O4S. The minimum Gasteiger partial charge on any atom is -0.480 e. The first kappa shape index (κ1) is 14.3. The number of nitrogens with zero attached hydrogens (tertiary/aromatic N) is 2. The number of thiazole rings is 1. The van der Waals surface area contributed by atoms with Crippen LogP contribution < -0.4 is 4.80 Å². The number of hydrogen-bond acceptors (Lipinski definition) is 4. The van der Waals surface area contributed by atoms with Gasteiger partial charge in [-0.15, -0.1) is 0 Å². The van der Waals surface area contributed by atoms with Crippen LogP contribution in [0.1, 0.15) is 16.1 Å². The van der Waals surface area contributed by atoms with Gasteiger partial charge in [-0.05, 0) is 36.8 Å². The first-order valence-electron chi connectivity index (χ1n) is 6.49. The van der Waals surface area contributed by atoms with Crippen LogP contribution in [-0.4, -0.2) is 21.6 Å². The van der Waals surface area contributed by atoms with Gasteiger partial charge in [0.1, 0.15) is 6.54 Å². The summed E-state index contributed by atoms with van der Waals surface area (Å²) >= 11 is 1.28. The Labute approximate surface area is 129 Å². The van der Waals surface area contributed by atoms with Crippen molar-refractivity contribution in [1.82, 2.24) is 4.57 Å². The van der Waals surface area contributed by atoms with E-state index >= 15 is 0 Å². The van der Waals surface area contributed by atoms with Crippen LogP contribution in [0.15, 0.2) is 46.0 Å². The van der Waals surface area contributed by atoms with Crippen LogP contribution in [0.2, 0.25) is 0 Å². The number of hydrogen-bond donors (Lipinski definition) is 1. The molecule has 1 amide bonds. The highest BCUT2D eigenvalue weighted by Crippen LogP contribution is 2.19. The van der Waals surface area contributed by atoms with Crippen LogP contribution in [0.25, 0.3) is 10.2 Å². The predicted octanol–water partition coefficient (Wildman–Crippen LogP) is 2.43. The van der Waals surface area contributed by atoms with Crippen LogP contribution in [0, 0.1) is 6.92 Å². The van der Waals surface area contributed by atoms with Gasteiger partial charge in [-0.3, -0.25) is 9.59 Å². The van der Waals surface area contributed by atoms with E-state index in [1.54, 1.807) is 6.07 Å². The average molecular weight is 316 g/mol. The summed E-state index contributed by atoms with van der Waals surface area (Å²) < 4.78 is 7.42. The van der Waals surface area contributed by atoms with E-state index in [1.165, 1.54) is 28.2 Å². The number of aromatic nitrogens is 1. The van der Waals surface area contributed by atoms with Crippen molar-refractivity contribution in [1.29, 1.82) is 0 Å². The lowest BCUT2D eigenvalue weighted by molar-refractivity contribution is -0.137. The number of amides is 1. The lowest BCUT2D eigenvalue weighted by Gasteiger charge is -2.01. The second kappa shape index (κ2) is 5.61. The average Bonchev–Trinajstić information content (AvgIpc) is 3.07. The zero-order valence-corrected chi connectivity index (χ0v) is 12.5. The second-order valence-electron chi connectivity index (χ2n) is 4.73. The molecule has 0 spiro atoms. The Morgan fingerprint density at radius 3 is 2.86 bits per heavy atom. The quantitative estimate of drug-likeness (QED) is 0.804. The summed E-state index contributed by atoms with van der Waals surface area (Å²) in [6.07, 6.45) is 1.39. The number of rotatable bonds is 3. The van der Waals surface area contributed by atoms with Crippen molar-refractivity contribution in [3.63, 3.8) is 0 Å². The van der Waals surface area contributed by atoms with Crippen molar-refractivity contribution < 1.29 is 19.1 Å².